The predicted molar refractivity (Wildman–Crippen MR) is 286 cm³/mol. The Bertz CT molecular complexity index is 2540. The number of hydrogen-bond donors (Lipinski definition) is 6. The first kappa shape index (κ1) is 56.5. The first-order valence-corrected chi connectivity index (χ1v) is 26.7. The molecule has 0 radical (unpaired) electrons. The first-order valence-electron chi connectivity index (χ1n) is 26.7. The van der Waals surface area contributed by atoms with Gasteiger partial charge in [0.05, 0.1) is 38.6 Å². The van der Waals surface area contributed by atoms with Crippen LogP contribution in [0.1, 0.15) is 36.8 Å². The Kier molecular flexibility index (Phi) is 17.4. The number of aliphatic hydroxyl groups is 2. The maximum Gasteiger partial charge on any atom is 0.389 e. The van der Waals surface area contributed by atoms with E-state index >= 15 is 0 Å². The molecular weight excluding hydrogens is 1030 g/mol. The van der Waals surface area contributed by atoms with Crippen LogP contribution in [0.25, 0.3) is 22.3 Å². The smallest absolute Gasteiger partial charge is 0.389 e. The summed E-state index contributed by atoms with van der Waals surface area (Å²) >= 11 is 0. The zero-order chi connectivity index (χ0) is 55.5. The molecule has 0 spiro atoms. The number of aryl methyl sites for hydroxylation is 2. The van der Waals surface area contributed by atoms with Crippen LogP contribution in [0.5, 0.6) is 0 Å². The van der Waals surface area contributed by atoms with Crippen molar-refractivity contribution in [1.82, 2.24) is 19.8 Å². The number of nitrogens with zero attached hydrogens (tertiary/aromatic N) is 8. The number of benzene rings is 2. The van der Waals surface area contributed by atoms with E-state index in [1.807, 2.05) is 72.2 Å². The highest BCUT2D eigenvalue weighted by atomic mass is 19.4. The summed E-state index contributed by atoms with van der Waals surface area (Å²) in [6.45, 7) is 11.7. The highest BCUT2D eigenvalue weighted by molar-refractivity contribution is 5.92. The number of hydrogen-bond acceptors (Lipinski definition) is 14. The van der Waals surface area contributed by atoms with Gasteiger partial charge in [0, 0.05) is 115 Å². The average molecular weight is 1100 g/mol. The Morgan fingerprint density at radius 2 is 0.910 bits per heavy atom. The van der Waals surface area contributed by atoms with Gasteiger partial charge in [0.15, 0.2) is 0 Å². The molecule has 0 aliphatic carbocycles. The number of ether oxygens (including phenoxy) is 2. The van der Waals surface area contributed by atoms with Crippen molar-refractivity contribution in [3.63, 3.8) is 0 Å². The van der Waals surface area contributed by atoms with E-state index in [0.717, 1.165) is 45.0 Å². The summed E-state index contributed by atoms with van der Waals surface area (Å²) in [5.74, 6) is 1.86. The first-order chi connectivity index (χ1) is 37.1. The molecule has 24 heteroatoms. The molecule has 6 aliphatic heterocycles. The van der Waals surface area contributed by atoms with E-state index in [1.165, 1.54) is 9.80 Å². The number of likely N-dealkylation sites (tertiary alicyclic amines) is 2. The summed E-state index contributed by atoms with van der Waals surface area (Å²) < 4.78 is 87.7. The fourth-order valence-corrected chi connectivity index (χ4v) is 11.0. The number of morpholine rings is 2. The minimum absolute atomic E-state index is 0.0878. The quantitative estimate of drug-likeness (QED) is 0.0947. The number of pyridine rings is 2. The Hall–Kier alpha value is -6.18. The summed E-state index contributed by atoms with van der Waals surface area (Å²) in [5.41, 5.74) is 18.8. The molecule has 4 amide bonds. The van der Waals surface area contributed by atoms with Crippen LogP contribution in [-0.4, -0.2) is 184 Å². The van der Waals surface area contributed by atoms with E-state index in [4.69, 9.17) is 30.9 Å². The van der Waals surface area contributed by atoms with Crippen LogP contribution < -0.4 is 41.7 Å². The van der Waals surface area contributed by atoms with Crippen LogP contribution in [0.2, 0.25) is 0 Å². The van der Waals surface area contributed by atoms with Crippen LogP contribution in [0.15, 0.2) is 60.7 Å². The monoisotopic (exact) mass is 1100 g/mol. The van der Waals surface area contributed by atoms with Crippen LogP contribution in [-0.2, 0) is 9.47 Å². The number of carbonyl (C=O) groups is 2. The number of aromatic nitrogens is 2. The largest absolute Gasteiger partial charge is 0.390 e. The molecule has 2 aromatic heterocycles. The van der Waals surface area contributed by atoms with Crippen molar-refractivity contribution < 1.29 is 55.6 Å². The molecule has 8 N–H and O–H groups in total. The van der Waals surface area contributed by atoms with Crippen molar-refractivity contribution in [2.45, 2.75) is 76.2 Å². The van der Waals surface area contributed by atoms with Gasteiger partial charge in [-0.1, -0.05) is 12.1 Å². The number of anilines is 6. The molecule has 2 aromatic carbocycles. The lowest BCUT2D eigenvalue weighted by atomic mass is 10.00. The lowest BCUT2D eigenvalue weighted by Crippen LogP contribution is -2.37. The van der Waals surface area contributed by atoms with Gasteiger partial charge in [0.2, 0.25) is 0 Å². The summed E-state index contributed by atoms with van der Waals surface area (Å²) in [5, 5.41) is 26.2. The predicted octanol–water partition coefficient (Wildman–Crippen LogP) is 6.42. The van der Waals surface area contributed by atoms with Crippen molar-refractivity contribution in [2.24, 2.45) is 23.3 Å². The summed E-state index contributed by atoms with van der Waals surface area (Å²) in [4.78, 5) is 46.7. The topological polar surface area (TPSA) is 214 Å². The Morgan fingerprint density at radius 3 is 1.24 bits per heavy atom. The third-order valence-corrected chi connectivity index (χ3v) is 15.4. The molecule has 78 heavy (non-hydrogen) atoms. The molecule has 424 valence electrons. The molecule has 6 saturated heterocycles. The maximum atomic E-state index is 12.9. The van der Waals surface area contributed by atoms with Crippen LogP contribution >= 0.6 is 0 Å². The molecule has 6 atom stereocenters. The number of halogens is 6. The third-order valence-electron chi connectivity index (χ3n) is 15.4. The summed E-state index contributed by atoms with van der Waals surface area (Å²) in [6.07, 6.45) is -10.8. The Balaban J connectivity index is 0.000000190. The van der Waals surface area contributed by atoms with E-state index in [0.29, 0.717) is 128 Å². The van der Waals surface area contributed by atoms with Gasteiger partial charge in [-0.15, -0.1) is 0 Å². The van der Waals surface area contributed by atoms with Gasteiger partial charge < -0.3 is 71.2 Å². The van der Waals surface area contributed by atoms with Crippen molar-refractivity contribution >= 4 is 46.7 Å². The van der Waals surface area contributed by atoms with E-state index in [2.05, 4.69) is 20.4 Å². The van der Waals surface area contributed by atoms with E-state index in [-0.39, 0.29) is 25.2 Å². The van der Waals surface area contributed by atoms with Crippen LogP contribution in [0, 0.1) is 25.7 Å². The minimum atomic E-state index is -4.23. The zero-order valence-corrected chi connectivity index (χ0v) is 43.9. The molecule has 0 bridgehead atoms. The van der Waals surface area contributed by atoms with Gasteiger partial charge in [-0.25, -0.2) is 19.6 Å². The third kappa shape index (κ3) is 14.3. The molecular formula is C54H70F6N12O6. The molecule has 0 unspecified atom stereocenters. The molecule has 6 fully saturated rings. The normalized spacial score (nSPS) is 23.9. The van der Waals surface area contributed by atoms with E-state index in [1.54, 1.807) is 12.1 Å². The van der Waals surface area contributed by atoms with Gasteiger partial charge in [0.1, 0.15) is 23.3 Å². The van der Waals surface area contributed by atoms with Crippen molar-refractivity contribution in [1.29, 1.82) is 0 Å². The van der Waals surface area contributed by atoms with Crippen molar-refractivity contribution in [2.75, 3.05) is 135 Å². The highest BCUT2D eigenvalue weighted by Gasteiger charge is 2.38. The Labute approximate surface area is 449 Å². The minimum Gasteiger partial charge on any atom is -0.390 e. The van der Waals surface area contributed by atoms with Crippen molar-refractivity contribution in [3.8, 4) is 22.3 Å². The highest BCUT2D eigenvalue weighted by Crippen LogP contribution is 2.37. The number of urea groups is 2. The number of alkyl halides is 6. The number of rotatable bonds is 10. The standard InChI is InChI=1S/2C27H35F3N6O3/c2*1-17-2-3-20(32-26(38)35-5-4-18(14-35)13-27(28,29)30)12-21(17)19-10-24(34-6-8-39-9-7-34)33-25(11-19)36-15-22(31)23(37)16-36/h2*2-3,10-12,18,22-23,37H,4-9,13-16,31H2,1H3,(H,32,38)/t18-,22+,23+;18-,22-,23-/m00/s1. The second-order valence-electron chi connectivity index (χ2n) is 21.4. The second-order valence-corrected chi connectivity index (χ2v) is 21.4. The number of aliphatic hydroxyl groups excluding tert-OH is 2. The molecule has 10 rings (SSSR count). The molecule has 8 heterocycles. The van der Waals surface area contributed by atoms with E-state index in [9.17, 15) is 46.1 Å². The van der Waals surface area contributed by atoms with Gasteiger partial charge in [-0.05, 0) is 120 Å². The fourth-order valence-electron chi connectivity index (χ4n) is 11.0. The number of nitrogens with one attached hydrogen (secondary N) is 2. The molecule has 18 nitrogen and oxygen atoms in total. The van der Waals surface area contributed by atoms with Crippen LogP contribution in [0.4, 0.5) is 70.6 Å². The number of carbonyl (C=O) groups excluding carboxylic acids is 2. The Morgan fingerprint density at radius 1 is 0.551 bits per heavy atom. The van der Waals surface area contributed by atoms with E-state index < -0.39 is 61.3 Å². The van der Waals surface area contributed by atoms with Crippen LogP contribution in [0.3, 0.4) is 0 Å². The molecule has 6 aliphatic rings. The molecule has 4 aromatic rings. The van der Waals surface area contributed by atoms with Gasteiger partial charge in [0.25, 0.3) is 0 Å². The number of β-amino-alcohol motifs (C(OH)–C–C–N with tert-alkyl or cyclic N) is 2. The second kappa shape index (κ2) is 24.0. The SMILES string of the molecule is Cc1ccc(NC(=O)N2CC[C@@H](CC(F)(F)F)C2)cc1-c1cc(N2CCOCC2)nc(N2C[C@@H](N)[C@H](O)C2)c1.Cc1ccc(NC(=O)N2CC[C@@H](CC(F)(F)F)C2)cc1-c1cc(N2CCOCC2)nc(N2C[C@H](N)[C@@H](O)C2)c1. The average Bonchev–Trinajstić information content (AvgIpc) is 4.23. The van der Waals surface area contributed by atoms with Gasteiger partial charge in [-0.3, -0.25) is 0 Å². The maximum absolute atomic E-state index is 12.9. The van der Waals surface area contributed by atoms with Gasteiger partial charge in [-0.2, -0.15) is 26.3 Å². The number of amides is 4. The number of nitrogens with two attached hydrogens (primary N) is 2. The zero-order valence-electron chi connectivity index (χ0n) is 43.9. The fraction of sp³-hybridized carbons (Fsp3) is 0.556. The lowest BCUT2D eigenvalue weighted by Gasteiger charge is -2.29. The lowest BCUT2D eigenvalue weighted by molar-refractivity contribution is -0.144. The summed E-state index contributed by atoms with van der Waals surface area (Å²) in [7, 11) is 0. The van der Waals surface area contributed by atoms with Crippen molar-refractivity contribution in [3.05, 3.63) is 71.8 Å². The molecule has 0 saturated carbocycles. The summed E-state index contributed by atoms with van der Waals surface area (Å²) in [6, 6.07) is 17.6. The van der Waals surface area contributed by atoms with Gasteiger partial charge >= 0.3 is 24.4 Å².